The van der Waals surface area contributed by atoms with Gasteiger partial charge in [0.15, 0.2) is 0 Å². The maximum Gasteiger partial charge on any atom is 0.349 e. The van der Waals surface area contributed by atoms with Crippen LogP contribution in [0, 0.1) is 0 Å². The molecular formula is C13H13NO6S2. The molecule has 0 spiro atoms. The van der Waals surface area contributed by atoms with Gasteiger partial charge in [0.05, 0.1) is 14.2 Å². The predicted octanol–water partition coefficient (Wildman–Crippen LogP) is 1.14. The Bertz CT molecular complexity index is 824. The average Bonchev–Trinajstić information content (AvgIpc) is 2.92. The number of carbonyl (C=O) groups excluding carboxylic acids is 2. The lowest BCUT2D eigenvalue weighted by Gasteiger charge is -2.07. The van der Waals surface area contributed by atoms with E-state index in [1.165, 1.54) is 7.11 Å². The first-order valence-electron chi connectivity index (χ1n) is 6.07. The van der Waals surface area contributed by atoms with Gasteiger partial charge >= 0.3 is 11.9 Å². The van der Waals surface area contributed by atoms with E-state index in [4.69, 9.17) is 0 Å². The van der Waals surface area contributed by atoms with Gasteiger partial charge in [-0.05, 0) is 6.07 Å². The van der Waals surface area contributed by atoms with E-state index in [9.17, 15) is 18.0 Å². The summed E-state index contributed by atoms with van der Waals surface area (Å²) in [7, 11) is -1.75. The maximum atomic E-state index is 12.4. The zero-order chi connectivity index (χ0) is 16.3. The summed E-state index contributed by atoms with van der Waals surface area (Å²) in [4.78, 5) is 22.7. The quantitative estimate of drug-likeness (QED) is 0.818. The van der Waals surface area contributed by atoms with Crippen LogP contribution in [0.1, 0.15) is 9.67 Å². The van der Waals surface area contributed by atoms with Crippen LogP contribution in [-0.4, -0.2) is 41.1 Å². The van der Waals surface area contributed by atoms with Gasteiger partial charge in [0.1, 0.15) is 16.3 Å². The van der Waals surface area contributed by atoms with Gasteiger partial charge in [0, 0.05) is 10.1 Å². The molecule has 9 heteroatoms. The van der Waals surface area contributed by atoms with Crippen LogP contribution in [0.2, 0.25) is 0 Å². The number of nitrogens with one attached hydrogen (secondary N) is 1. The molecule has 7 nitrogen and oxygen atoms in total. The third-order valence-corrected chi connectivity index (χ3v) is 5.59. The second-order valence-corrected chi connectivity index (χ2v) is 6.90. The Kier molecular flexibility index (Phi) is 4.79. The Hall–Kier alpha value is -1.97. The molecule has 1 heterocycles. The molecule has 0 aliphatic carbocycles. The average molecular weight is 343 g/mol. The maximum absolute atomic E-state index is 12.4. The van der Waals surface area contributed by atoms with Crippen LogP contribution in [0.25, 0.3) is 10.1 Å². The Morgan fingerprint density at radius 3 is 2.50 bits per heavy atom. The van der Waals surface area contributed by atoms with Crippen molar-refractivity contribution in [1.82, 2.24) is 4.72 Å². The Morgan fingerprint density at radius 2 is 1.86 bits per heavy atom. The molecule has 1 N–H and O–H groups in total. The number of thiophene rings is 1. The molecular weight excluding hydrogens is 330 g/mol. The molecule has 0 fully saturated rings. The molecule has 22 heavy (non-hydrogen) atoms. The lowest BCUT2D eigenvalue weighted by molar-refractivity contribution is -0.139. The highest BCUT2D eigenvalue weighted by molar-refractivity contribution is 7.90. The Labute approximate surface area is 130 Å². The monoisotopic (exact) mass is 343 g/mol. The SMILES string of the molecule is COC(=O)CNS(=O)(=O)c1c(C(=O)OC)sc2ccccc12. The molecule has 2 rings (SSSR count). The first kappa shape index (κ1) is 16.4. The summed E-state index contributed by atoms with van der Waals surface area (Å²) in [5.74, 6) is -1.48. The van der Waals surface area contributed by atoms with Crippen molar-refractivity contribution < 1.29 is 27.5 Å². The van der Waals surface area contributed by atoms with Crippen LogP contribution in [0.15, 0.2) is 29.2 Å². The molecule has 0 radical (unpaired) electrons. The normalized spacial score (nSPS) is 11.4. The van der Waals surface area contributed by atoms with Gasteiger partial charge in [0.2, 0.25) is 10.0 Å². The topological polar surface area (TPSA) is 98.8 Å². The largest absolute Gasteiger partial charge is 0.468 e. The number of hydrogen-bond acceptors (Lipinski definition) is 7. The van der Waals surface area contributed by atoms with Crippen molar-refractivity contribution >= 4 is 43.4 Å². The highest BCUT2D eigenvalue weighted by Gasteiger charge is 2.29. The van der Waals surface area contributed by atoms with E-state index in [0.717, 1.165) is 18.4 Å². The zero-order valence-electron chi connectivity index (χ0n) is 11.8. The molecule has 0 saturated carbocycles. The predicted molar refractivity (Wildman–Crippen MR) is 80.4 cm³/mol. The van der Waals surface area contributed by atoms with Gasteiger partial charge in [-0.1, -0.05) is 18.2 Å². The number of carbonyl (C=O) groups is 2. The molecule has 0 aliphatic rings. The summed E-state index contributed by atoms with van der Waals surface area (Å²) in [6, 6.07) is 6.68. The molecule has 0 amide bonds. The number of hydrogen-bond donors (Lipinski definition) is 1. The Balaban J connectivity index is 2.56. The number of rotatable bonds is 5. The van der Waals surface area contributed by atoms with Crippen molar-refractivity contribution in [2.75, 3.05) is 20.8 Å². The molecule has 0 aliphatic heterocycles. The zero-order valence-corrected chi connectivity index (χ0v) is 13.4. The highest BCUT2D eigenvalue weighted by atomic mass is 32.2. The summed E-state index contributed by atoms with van der Waals surface area (Å²) in [5.41, 5.74) is 0. The van der Waals surface area contributed by atoms with Crippen LogP contribution < -0.4 is 4.72 Å². The van der Waals surface area contributed by atoms with Crippen molar-refractivity contribution in [2.45, 2.75) is 4.90 Å². The van der Waals surface area contributed by atoms with Gasteiger partial charge in [-0.15, -0.1) is 11.3 Å². The van der Waals surface area contributed by atoms with Crippen molar-refractivity contribution in [1.29, 1.82) is 0 Å². The second kappa shape index (κ2) is 6.42. The Morgan fingerprint density at radius 1 is 1.18 bits per heavy atom. The lowest BCUT2D eigenvalue weighted by Crippen LogP contribution is -2.31. The summed E-state index contributed by atoms with van der Waals surface area (Å²) in [5, 5.41) is 0.394. The fourth-order valence-electron chi connectivity index (χ4n) is 1.81. The van der Waals surface area contributed by atoms with Crippen molar-refractivity contribution in [3.05, 3.63) is 29.1 Å². The molecule has 0 atom stereocenters. The summed E-state index contributed by atoms with van der Waals surface area (Å²) < 4.78 is 36.7. The first-order valence-corrected chi connectivity index (χ1v) is 8.37. The number of methoxy groups -OCH3 is 2. The van der Waals surface area contributed by atoms with Crippen LogP contribution in [0.4, 0.5) is 0 Å². The molecule has 2 aromatic rings. The lowest BCUT2D eigenvalue weighted by atomic mass is 10.2. The number of ether oxygens (including phenoxy) is 2. The standard InChI is InChI=1S/C13H13NO6S2/c1-19-10(15)7-14-22(17,18)12-8-5-3-4-6-9(8)21-11(12)13(16)20-2/h3-6,14H,7H2,1-2H3. The number of fused-ring (bicyclic) bond motifs is 1. The second-order valence-electron chi connectivity index (χ2n) is 4.15. The minimum absolute atomic E-state index is 0.0407. The van der Waals surface area contributed by atoms with Crippen LogP contribution in [-0.2, 0) is 24.3 Å². The molecule has 1 aromatic carbocycles. The number of benzene rings is 1. The van der Waals surface area contributed by atoms with Crippen LogP contribution in [0.5, 0.6) is 0 Å². The number of esters is 2. The first-order chi connectivity index (χ1) is 10.4. The highest BCUT2D eigenvalue weighted by Crippen LogP contribution is 2.34. The van der Waals surface area contributed by atoms with Gasteiger partial charge in [-0.25, -0.2) is 13.2 Å². The minimum Gasteiger partial charge on any atom is -0.468 e. The number of sulfonamides is 1. The molecule has 0 bridgehead atoms. The van der Waals surface area contributed by atoms with Gasteiger partial charge in [-0.3, -0.25) is 4.79 Å². The fourth-order valence-corrected chi connectivity index (χ4v) is 4.60. The molecule has 118 valence electrons. The smallest absolute Gasteiger partial charge is 0.349 e. The molecule has 0 unspecified atom stereocenters. The molecule has 0 saturated heterocycles. The van der Waals surface area contributed by atoms with E-state index >= 15 is 0 Å². The summed E-state index contributed by atoms with van der Waals surface area (Å²) in [6.07, 6.45) is 0. The minimum atomic E-state index is -4.08. The van der Waals surface area contributed by atoms with Crippen LogP contribution in [0.3, 0.4) is 0 Å². The summed E-state index contributed by atoms with van der Waals surface area (Å²) in [6.45, 7) is -0.524. The van der Waals surface area contributed by atoms with Crippen molar-refractivity contribution in [2.24, 2.45) is 0 Å². The van der Waals surface area contributed by atoms with Gasteiger partial charge < -0.3 is 9.47 Å². The van der Waals surface area contributed by atoms with E-state index in [1.54, 1.807) is 24.3 Å². The van der Waals surface area contributed by atoms with Gasteiger partial charge in [0.25, 0.3) is 0 Å². The van der Waals surface area contributed by atoms with Gasteiger partial charge in [-0.2, -0.15) is 4.72 Å². The fraction of sp³-hybridized carbons (Fsp3) is 0.231. The summed E-state index contributed by atoms with van der Waals surface area (Å²) >= 11 is 1.01. The van der Waals surface area contributed by atoms with Crippen molar-refractivity contribution in [3.8, 4) is 0 Å². The van der Waals surface area contributed by atoms with E-state index in [2.05, 4.69) is 14.2 Å². The van der Waals surface area contributed by atoms with Crippen LogP contribution >= 0.6 is 11.3 Å². The third-order valence-electron chi connectivity index (χ3n) is 2.82. The third kappa shape index (κ3) is 3.11. The van der Waals surface area contributed by atoms with E-state index < -0.39 is 28.5 Å². The molecule has 1 aromatic heterocycles. The van der Waals surface area contributed by atoms with E-state index in [0.29, 0.717) is 10.1 Å². The van der Waals surface area contributed by atoms with E-state index in [1.807, 2.05) is 0 Å². The van der Waals surface area contributed by atoms with Crippen molar-refractivity contribution in [3.63, 3.8) is 0 Å². The van der Waals surface area contributed by atoms with E-state index in [-0.39, 0.29) is 9.77 Å².